The lowest BCUT2D eigenvalue weighted by molar-refractivity contribution is 0.628. The maximum atomic E-state index is 13.1. The third-order valence-electron chi connectivity index (χ3n) is 2.83. The summed E-state index contributed by atoms with van der Waals surface area (Å²) in [5.41, 5.74) is 2.36. The Balaban J connectivity index is 2.07. The van der Waals surface area contributed by atoms with Gasteiger partial charge in [-0.15, -0.1) is 11.3 Å². The Kier molecular flexibility index (Phi) is 4.32. The van der Waals surface area contributed by atoms with Gasteiger partial charge in [-0.25, -0.2) is 4.39 Å². The molecular weight excluding hydrogens is 231 g/mol. The van der Waals surface area contributed by atoms with E-state index in [1.807, 2.05) is 6.07 Å². The van der Waals surface area contributed by atoms with E-state index < -0.39 is 0 Å². The van der Waals surface area contributed by atoms with Crippen molar-refractivity contribution in [3.05, 3.63) is 47.1 Å². The first-order valence-corrected chi connectivity index (χ1v) is 7.01. The standard InChI is InChI=1S/C15H17FS/c1-2-3-4-6-12-9-15(17-11-12)13-7-5-8-14(16)10-13/h5,7-11H,2-4,6H2,1H3. The molecule has 2 heteroatoms. The summed E-state index contributed by atoms with van der Waals surface area (Å²) in [6.07, 6.45) is 4.92. The number of halogens is 1. The predicted octanol–water partition coefficient (Wildman–Crippen LogP) is 5.29. The van der Waals surface area contributed by atoms with Crippen LogP contribution in [0.15, 0.2) is 35.7 Å². The number of hydrogen-bond donors (Lipinski definition) is 0. The van der Waals surface area contributed by atoms with E-state index in [1.165, 1.54) is 30.9 Å². The van der Waals surface area contributed by atoms with Gasteiger partial charge >= 0.3 is 0 Å². The summed E-state index contributed by atoms with van der Waals surface area (Å²) >= 11 is 1.70. The molecule has 90 valence electrons. The summed E-state index contributed by atoms with van der Waals surface area (Å²) < 4.78 is 13.1. The molecule has 2 aromatic rings. The summed E-state index contributed by atoms with van der Waals surface area (Å²) in [4.78, 5) is 1.16. The molecule has 0 bridgehead atoms. The van der Waals surface area contributed by atoms with E-state index in [0.29, 0.717) is 0 Å². The minimum Gasteiger partial charge on any atom is -0.207 e. The molecule has 0 spiro atoms. The van der Waals surface area contributed by atoms with E-state index in [2.05, 4.69) is 18.4 Å². The molecule has 2 rings (SSSR count). The van der Waals surface area contributed by atoms with E-state index >= 15 is 0 Å². The second-order valence-corrected chi connectivity index (χ2v) is 5.20. The van der Waals surface area contributed by atoms with Crippen LogP contribution < -0.4 is 0 Å². The van der Waals surface area contributed by atoms with Crippen LogP contribution >= 0.6 is 11.3 Å². The van der Waals surface area contributed by atoms with Gasteiger partial charge in [0.1, 0.15) is 5.82 Å². The van der Waals surface area contributed by atoms with Crippen LogP contribution in [0.4, 0.5) is 4.39 Å². The third-order valence-corrected chi connectivity index (χ3v) is 3.86. The monoisotopic (exact) mass is 248 g/mol. The summed E-state index contributed by atoms with van der Waals surface area (Å²) in [6.45, 7) is 2.21. The Morgan fingerprint density at radius 1 is 1.18 bits per heavy atom. The number of unbranched alkanes of at least 4 members (excludes halogenated alkanes) is 2. The Morgan fingerprint density at radius 3 is 2.82 bits per heavy atom. The van der Waals surface area contributed by atoms with Gasteiger partial charge < -0.3 is 0 Å². The van der Waals surface area contributed by atoms with Crippen molar-refractivity contribution in [3.63, 3.8) is 0 Å². The fourth-order valence-electron chi connectivity index (χ4n) is 1.88. The summed E-state index contributed by atoms with van der Waals surface area (Å²) in [6, 6.07) is 9.00. The van der Waals surface area contributed by atoms with Gasteiger partial charge in [0.2, 0.25) is 0 Å². The highest BCUT2D eigenvalue weighted by Crippen LogP contribution is 2.28. The molecule has 0 atom stereocenters. The molecule has 0 N–H and O–H groups in total. The second kappa shape index (κ2) is 5.97. The number of aryl methyl sites for hydroxylation is 1. The van der Waals surface area contributed by atoms with Crippen LogP contribution in [0.5, 0.6) is 0 Å². The van der Waals surface area contributed by atoms with Crippen molar-refractivity contribution in [1.29, 1.82) is 0 Å². The fourth-order valence-corrected chi connectivity index (χ4v) is 2.83. The molecule has 0 aliphatic carbocycles. The fraction of sp³-hybridized carbons (Fsp3) is 0.333. The molecule has 0 unspecified atom stereocenters. The van der Waals surface area contributed by atoms with Gasteiger partial charge in [0.05, 0.1) is 0 Å². The topological polar surface area (TPSA) is 0 Å². The van der Waals surface area contributed by atoms with Crippen molar-refractivity contribution in [2.75, 3.05) is 0 Å². The largest absolute Gasteiger partial charge is 0.207 e. The van der Waals surface area contributed by atoms with E-state index in [1.54, 1.807) is 23.5 Å². The molecule has 0 aliphatic heterocycles. The zero-order valence-electron chi connectivity index (χ0n) is 10.1. The van der Waals surface area contributed by atoms with Crippen molar-refractivity contribution in [1.82, 2.24) is 0 Å². The highest BCUT2D eigenvalue weighted by Gasteiger charge is 2.03. The van der Waals surface area contributed by atoms with Gasteiger partial charge in [0.25, 0.3) is 0 Å². The smallest absolute Gasteiger partial charge is 0.123 e. The SMILES string of the molecule is CCCCCc1csc(-c2cccc(F)c2)c1. The highest BCUT2D eigenvalue weighted by molar-refractivity contribution is 7.13. The van der Waals surface area contributed by atoms with Crippen LogP contribution in [-0.2, 0) is 6.42 Å². The summed E-state index contributed by atoms with van der Waals surface area (Å²) in [5, 5.41) is 2.19. The second-order valence-electron chi connectivity index (χ2n) is 4.29. The molecule has 0 radical (unpaired) electrons. The minimum atomic E-state index is -0.163. The average molecular weight is 248 g/mol. The van der Waals surface area contributed by atoms with E-state index in [-0.39, 0.29) is 5.82 Å². The maximum absolute atomic E-state index is 13.1. The average Bonchev–Trinajstić information content (AvgIpc) is 2.78. The third kappa shape index (κ3) is 3.40. The van der Waals surface area contributed by atoms with E-state index in [9.17, 15) is 4.39 Å². The van der Waals surface area contributed by atoms with Gasteiger partial charge in [-0.05, 0) is 47.5 Å². The lowest BCUT2D eigenvalue weighted by atomic mass is 10.1. The Bertz CT molecular complexity index is 473. The first-order valence-electron chi connectivity index (χ1n) is 6.13. The van der Waals surface area contributed by atoms with E-state index in [0.717, 1.165) is 16.9 Å². The lowest BCUT2D eigenvalue weighted by Crippen LogP contribution is -1.81. The molecule has 17 heavy (non-hydrogen) atoms. The predicted molar refractivity (Wildman–Crippen MR) is 72.9 cm³/mol. The van der Waals surface area contributed by atoms with Crippen LogP contribution in [0.2, 0.25) is 0 Å². The van der Waals surface area contributed by atoms with Crippen LogP contribution in [0.1, 0.15) is 31.7 Å². The number of benzene rings is 1. The van der Waals surface area contributed by atoms with Crippen LogP contribution in [0.25, 0.3) is 10.4 Å². The van der Waals surface area contributed by atoms with Gasteiger partial charge in [0.15, 0.2) is 0 Å². The molecule has 0 fully saturated rings. The Morgan fingerprint density at radius 2 is 2.06 bits per heavy atom. The summed E-state index contributed by atoms with van der Waals surface area (Å²) in [7, 11) is 0. The lowest BCUT2D eigenvalue weighted by Gasteiger charge is -1.97. The van der Waals surface area contributed by atoms with Crippen molar-refractivity contribution in [3.8, 4) is 10.4 Å². The molecule has 0 amide bonds. The van der Waals surface area contributed by atoms with Crippen LogP contribution in [0.3, 0.4) is 0 Å². The van der Waals surface area contributed by atoms with E-state index in [4.69, 9.17) is 0 Å². The molecule has 1 aromatic carbocycles. The molecule has 0 saturated carbocycles. The zero-order valence-corrected chi connectivity index (χ0v) is 10.9. The van der Waals surface area contributed by atoms with Gasteiger partial charge in [0, 0.05) is 4.88 Å². The number of rotatable bonds is 5. The molecule has 1 aromatic heterocycles. The molecule has 0 nitrogen and oxygen atoms in total. The van der Waals surface area contributed by atoms with Gasteiger partial charge in [-0.1, -0.05) is 31.9 Å². The molecule has 0 saturated heterocycles. The minimum absolute atomic E-state index is 0.163. The Labute approximate surface area is 106 Å². The zero-order chi connectivity index (χ0) is 12.1. The van der Waals surface area contributed by atoms with Crippen molar-refractivity contribution in [2.24, 2.45) is 0 Å². The van der Waals surface area contributed by atoms with Crippen molar-refractivity contribution >= 4 is 11.3 Å². The van der Waals surface area contributed by atoms with Crippen LogP contribution in [0, 0.1) is 5.82 Å². The Hall–Kier alpha value is -1.15. The highest BCUT2D eigenvalue weighted by atomic mass is 32.1. The van der Waals surface area contributed by atoms with Gasteiger partial charge in [-0.3, -0.25) is 0 Å². The van der Waals surface area contributed by atoms with Crippen LogP contribution in [-0.4, -0.2) is 0 Å². The first-order chi connectivity index (χ1) is 8.29. The normalized spacial score (nSPS) is 10.7. The summed E-state index contributed by atoms with van der Waals surface area (Å²) in [5.74, 6) is -0.163. The van der Waals surface area contributed by atoms with Gasteiger partial charge in [-0.2, -0.15) is 0 Å². The number of hydrogen-bond acceptors (Lipinski definition) is 1. The first kappa shape index (κ1) is 12.3. The molecule has 0 aliphatic rings. The molecular formula is C15H17FS. The van der Waals surface area contributed by atoms with Crippen molar-refractivity contribution < 1.29 is 4.39 Å². The van der Waals surface area contributed by atoms with Crippen molar-refractivity contribution in [2.45, 2.75) is 32.6 Å². The molecule has 1 heterocycles. The quantitative estimate of drug-likeness (QED) is 0.631. The maximum Gasteiger partial charge on any atom is 0.123 e. The number of thiophene rings is 1.